The van der Waals surface area contributed by atoms with E-state index in [0.29, 0.717) is 21.6 Å². The molecule has 0 aromatic heterocycles. The highest BCUT2D eigenvalue weighted by atomic mass is 79.9. The summed E-state index contributed by atoms with van der Waals surface area (Å²) in [4.78, 5) is 17.5. The van der Waals surface area contributed by atoms with Crippen LogP contribution in [0, 0.1) is 12.7 Å². The highest BCUT2D eigenvalue weighted by Gasteiger charge is 2.24. The molecule has 0 bridgehead atoms. The summed E-state index contributed by atoms with van der Waals surface area (Å²) in [6.45, 7) is 2.27. The Bertz CT molecular complexity index is 1240. The van der Waals surface area contributed by atoms with Crippen molar-refractivity contribution >= 4 is 50.5 Å². The summed E-state index contributed by atoms with van der Waals surface area (Å²) in [5.41, 5.74) is 3.51. The number of rotatable bonds is 6. The maximum Gasteiger partial charge on any atom is 0.264 e. The van der Waals surface area contributed by atoms with Gasteiger partial charge in [0.25, 0.3) is 5.91 Å². The van der Waals surface area contributed by atoms with Gasteiger partial charge in [0.05, 0.1) is 17.7 Å². The van der Waals surface area contributed by atoms with Gasteiger partial charge in [0.1, 0.15) is 12.4 Å². The van der Waals surface area contributed by atoms with Gasteiger partial charge in [-0.15, -0.1) is 0 Å². The molecule has 1 saturated heterocycles. The monoisotopic (exact) mass is 526 g/mol. The lowest BCUT2D eigenvalue weighted by Crippen LogP contribution is -2.19. The first-order valence-electron chi connectivity index (χ1n) is 10.0. The van der Waals surface area contributed by atoms with Crippen LogP contribution in [0.2, 0.25) is 0 Å². The van der Waals surface area contributed by atoms with Crippen LogP contribution in [0.15, 0.2) is 75.0 Å². The minimum atomic E-state index is -0.294. The Morgan fingerprint density at radius 2 is 1.82 bits per heavy atom. The van der Waals surface area contributed by atoms with E-state index in [2.05, 4.69) is 26.2 Å². The maximum absolute atomic E-state index is 13.1. The van der Waals surface area contributed by atoms with E-state index >= 15 is 0 Å². The third kappa shape index (κ3) is 5.83. The fourth-order valence-electron chi connectivity index (χ4n) is 3.03. The standard InChI is InChI=1S/C25H20BrFN2O3S/c1-15-3-9-19(10-4-15)28-25-29-24(30)23(33-25)12-17-11-21(31-2)22(13-20(17)26)32-14-16-5-7-18(27)8-6-16/h3-13H,14H2,1-2H3,(H,28,29,30)/b23-12+. The Hall–Kier alpha value is -3.10. The van der Waals surface area contributed by atoms with E-state index in [1.807, 2.05) is 31.2 Å². The number of thioether (sulfide) groups is 1. The van der Waals surface area contributed by atoms with Gasteiger partial charge in [-0.25, -0.2) is 9.38 Å². The van der Waals surface area contributed by atoms with Crippen LogP contribution in [0.1, 0.15) is 16.7 Å². The quantitative estimate of drug-likeness (QED) is 0.378. The zero-order chi connectivity index (χ0) is 23.4. The van der Waals surface area contributed by atoms with Gasteiger partial charge in [0.2, 0.25) is 0 Å². The van der Waals surface area contributed by atoms with E-state index < -0.39 is 0 Å². The average molecular weight is 527 g/mol. The largest absolute Gasteiger partial charge is 0.493 e. The van der Waals surface area contributed by atoms with Crippen LogP contribution in [0.3, 0.4) is 0 Å². The van der Waals surface area contributed by atoms with E-state index in [0.717, 1.165) is 26.9 Å². The molecule has 0 aliphatic carbocycles. The summed E-state index contributed by atoms with van der Waals surface area (Å²) in [6.07, 6.45) is 1.77. The molecule has 8 heteroatoms. The van der Waals surface area contributed by atoms with Gasteiger partial charge in [-0.2, -0.15) is 0 Å². The number of nitrogens with one attached hydrogen (secondary N) is 1. The summed E-state index contributed by atoms with van der Waals surface area (Å²) in [6, 6.07) is 17.5. The minimum Gasteiger partial charge on any atom is -0.493 e. The summed E-state index contributed by atoms with van der Waals surface area (Å²) in [5, 5.41) is 3.32. The van der Waals surface area contributed by atoms with Crippen molar-refractivity contribution in [1.29, 1.82) is 0 Å². The molecule has 5 nitrogen and oxygen atoms in total. The predicted octanol–water partition coefficient (Wildman–Crippen LogP) is 6.38. The number of methoxy groups -OCH3 is 1. The summed E-state index contributed by atoms with van der Waals surface area (Å²) in [7, 11) is 1.55. The summed E-state index contributed by atoms with van der Waals surface area (Å²) >= 11 is 4.82. The van der Waals surface area contributed by atoms with Gasteiger partial charge >= 0.3 is 0 Å². The van der Waals surface area contributed by atoms with Gasteiger partial charge in [-0.05, 0) is 72.3 Å². The molecule has 1 N–H and O–H groups in total. The second kappa shape index (κ2) is 10.2. The molecule has 1 heterocycles. The lowest BCUT2D eigenvalue weighted by atomic mass is 10.1. The third-order valence-corrected chi connectivity index (χ3v) is 6.39. The third-order valence-electron chi connectivity index (χ3n) is 4.79. The van der Waals surface area contributed by atoms with Gasteiger partial charge in [0, 0.05) is 4.47 Å². The number of benzene rings is 3. The fraction of sp³-hybridized carbons (Fsp3) is 0.120. The molecule has 0 spiro atoms. The van der Waals surface area contributed by atoms with Crippen molar-refractivity contribution in [1.82, 2.24) is 5.32 Å². The number of nitrogens with zero attached hydrogens (tertiary/aromatic N) is 1. The number of amidine groups is 1. The number of aryl methyl sites for hydroxylation is 1. The van der Waals surface area contributed by atoms with Crippen LogP contribution in [0.5, 0.6) is 11.5 Å². The van der Waals surface area contributed by atoms with Crippen molar-refractivity contribution in [3.05, 3.63) is 92.5 Å². The second-order valence-corrected chi connectivity index (χ2v) is 9.14. The lowest BCUT2D eigenvalue weighted by molar-refractivity contribution is -0.115. The zero-order valence-electron chi connectivity index (χ0n) is 17.9. The van der Waals surface area contributed by atoms with Gasteiger partial charge < -0.3 is 14.8 Å². The Labute approximate surface area is 203 Å². The minimum absolute atomic E-state index is 0.214. The second-order valence-electron chi connectivity index (χ2n) is 7.26. The fourth-order valence-corrected chi connectivity index (χ4v) is 4.30. The van der Waals surface area contributed by atoms with Crippen LogP contribution in [0.4, 0.5) is 10.1 Å². The van der Waals surface area contributed by atoms with E-state index in [1.165, 1.54) is 23.9 Å². The lowest BCUT2D eigenvalue weighted by Gasteiger charge is -2.13. The SMILES string of the molecule is COc1cc(/C=C2/SC(=Nc3ccc(C)cc3)NC2=O)c(Br)cc1OCc1ccc(F)cc1. The summed E-state index contributed by atoms with van der Waals surface area (Å²) < 4.78 is 25.2. The molecular formula is C25H20BrFN2O3S. The van der Waals surface area contributed by atoms with E-state index in [4.69, 9.17) is 9.47 Å². The topological polar surface area (TPSA) is 59.9 Å². The zero-order valence-corrected chi connectivity index (χ0v) is 20.3. The van der Waals surface area contributed by atoms with Crippen molar-refractivity contribution in [2.24, 2.45) is 4.99 Å². The number of hydrogen-bond donors (Lipinski definition) is 1. The van der Waals surface area contributed by atoms with Crippen molar-refractivity contribution in [3.63, 3.8) is 0 Å². The van der Waals surface area contributed by atoms with Gasteiger partial charge in [-0.1, -0.05) is 45.8 Å². The molecule has 0 atom stereocenters. The molecule has 33 heavy (non-hydrogen) atoms. The van der Waals surface area contributed by atoms with Crippen molar-refractivity contribution < 1.29 is 18.7 Å². The molecule has 4 rings (SSSR count). The number of amides is 1. The molecule has 0 saturated carbocycles. The van der Waals surface area contributed by atoms with E-state index in [-0.39, 0.29) is 18.3 Å². The number of carbonyl (C=O) groups is 1. The van der Waals surface area contributed by atoms with Crippen LogP contribution in [-0.2, 0) is 11.4 Å². The van der Waals surface area contributed by atoms with Gasteiger partial charge in [-0.3, -0.25) is 4.79 Å². The number of ether oxygens (including phenoxy) is 2. The highest BCUT2D eigenvalue weighted by Crippen LogP contribution is 2.37. The Morgan fingerprint density at radius 1 is 1.09 bits per heavy atom. The molecule has 0 radical (unpaired) electrons. The highest BCUT2D eigenvalue weighted by molar-refractivity contribution is 9.10. The molecule has 0 unspecified atom stereocenters. The van der Waals surface area contributed by atoms with E-state index in [9.17, 15) is 9.18 Å². The van der Waals surface area contributed by atoms with Crippen LogP contribution >= 0.6 is 27.7 Å². The first kappa shape index (κ1) is 23.1. The van der Waals surface area contributed by atoms with Crippen LogP contribution < -0.4 is 14.8 Å². The number of aliphatic imine (C=N–C) groups is 1. The first-order valence-corrected chi connectivity index (χ1v) is 11.6. The molecule has 3 aromatic rings. The average Bonchev–Trinajstić information content (AvgIpc) is 3.14. The molecule has 1 aliphatic rings. The molecule has 1 aliphatic heterocycles. The van der Waals surface area contributed by atoms with Crippen LogP contribution in [0.25, 0.3) is 6.08 Å². The normalized spacial score (nSPS) is 15.7. The Morgan fingerprint density at radius 3 is 2.52 bits per heavy atom. The Kier molecular flexibility index (Phi) is 7.15. The molecule has 168 valence electrons. The Balaban J connectivity index is 1.53. The van der Waals surface area contributed by atoms with Gasteiger partial charge in [0.15, 0.2) is 16.7 Å². The van der Waals surface area contributed by atoms with Crippen molar-refractivity contribution in [2.45, 2.75) is 13.5 Å². The number of carbonyl (C=O) groups excluding carboxylic acids is 1. The molecule has 3 aromatic carbocycles. The smallest absolute Gasteiger partial charge is 0.264 e. The first-order chi connectivity index (χ1) is 15.9. The number of hydrogen-bond acceptors (Lipinski definition) is 5. The molecule has 1 fully saturated rings. The number of halogens is 2. The maximum atomic E-state index is 13.1. The summed E-state index contributed by atoms with van der Waals surface area (Å²) in [5.74, 6) is 0.538. The molecular weight excluding hydrogens is 507 g/mol. The van der Waals surface area contributed by atoms with Crippen molar-refractivity contribution in [3.8, 4) is 11.5 Å². The van der Waals surface area contributed by atoms with Crippen LogP contribution in [-0.4, -0.2) is 18.2 Å². The van der Waals surface area contributed by atoms with E-state index in [1.54, 1.807) is 37.5 Å². The van der Waals surface area contributed by atoms with Crippen molar-refractivity contribution in [2.75, 3.05) is 7.11 Å². The predicted molar refractivity (Wildman–Crippen MR) is 133 cm³/mol. The molecule has 1 amide bonds.